The van der Waals surface area contributed by atoms with E-state index in [0.29, 0.717) is 5.02 Å². The summed E-state index contributed by atoms with van der Waals surface area (Å²) in [5.41, 5.74) is 2.93. The normalized spacial score (nSPS) is 12.8. The predicted molar refractivity (Wildman–Crippen MR) is 74.0 cm³/mol. The predicted octanol–water partition coefficient (Wildman–Crippen LogP) is 4.41. The summed E-state index contributed by atoms with van der Waals surface area (Å²) in [6, 6.07) is 7.67. The van der Waals surface area contributed by atoms with Crippen molar-refractivity contribution in [3.8, 4) is 0 Å². The standard InChI is InChI=1S/C14H15ClOS/c1-8-4-5-11(15)7-12(8)14(16)13-6-9(2)17-10(13)3/h4-7,14,16H,1-3H3. The third kappa shape index (κ3) is 2.54. The van der Waals surface area contributed by atoms with Crippen molar-refractivity contribution in [2.75, 3.05) is 0 Å². The first-order valence-corrected chi connectivity index (χ1v) is 6.69. The highest BCUT2D eigenvalue weighted by Gasteiger charge is 2.17. The Kier molecular flexibility index (Phi) is 3.57. The Bertz CT molecular complexity index is 545. The van der Waals surface area contributed by atoms with Gasteiger partial charge < -0.3 is 5.11 Å². The monoisotopic (exact) mass is 266 g/mol. The Balaban J connectivity index is 2.46. The summed E-state index contributed by atoms with van der Waals surface area (Å²) >= 11 is 7.69. The van der Waals surface area contributed by atoms with Crippen LogP contribution in [0.4, 0.5) is 0 Å². The second kappa shape index (κ2) is 4.81. The lowest BCUT2D eigenvalue weighted by molar-refractivity contribution is 0.219. The van der Waals surface area contributed by atoms with Gasteiger partial charge in [0, 0.05) is 14.8 Å². The highest BCUT2D eigenvalue weighted by Crippen LogP contribution is 2.32. The fraction of sp³-hybridized carbons (Fsp3) is 0.286. The lowest BCUT2D eigenvalue weighted by atomic mass is 9.98. The summed E-state index contributed by atoms with van der Waals surface area (Å²) < 4.78 is 0. The van der Waals surface area contributed by atoms with Crippen LogP contribution in [0.5, 0.6) is 0 Å². The number of hydrogen-bond donors (Lipinski definition) is 1. The van der Waals surface area contributed by atoms with Crippen LogP contribution in [0, 0.1) is 20.8 Å². The molecule has 0 saturated heterocycles. The number of benzene rings is 1. The first kappa shape index (κ1) is 12.6. The molecule has 2 aromatic rings. The molecule has 0 saturated carbocycles. The van der Waals surface area contributed by atoms with E-state index in [9.17, 15) is 5.11 Å². The summed E-state index contributed by atoms with van der Waals surface area (Å²) in [5.74, 6) is 0. The van der Waals surface area contributed by atoms with Crippen LogP contribution in [-0.4, -0.2) is 5.11 Å². The van der Waals surface area contributed by atoms with Gasteiger partial charge in [0.05, 0.1) is 0 Å². The zero-order valence-corrected chi connectivity index (χ0v) is 11.7. The smallest absolute Gasteiger partial charge is 0.105 e. The number of thiophene rings is 1. The molecule has 0 spiro atoms. The van der Waals surface area contributed by atoms with E-state index in [1.807, 2.05) is 38.1 Å². The van der Waals surface area contributed by atoms with Crippen LogP contribution in [-0.2, 0) is 0 Å². The fourth-order valence-corrected chi connectivity index (χ4v) is 3.13. The van der Waals surface area contributed by atoms with Crippen molar-refractivity contribution in [3.05, 3.63) is 55.7 Å². The molecule has 1 unspecified atom stereocenters. The second-order valence-electron chi connectivity index (χ2n) is 4.27. The highest BCUT2D eigenvalue weighted by atomic mass is 35.5. The maximum atomic E-state index is 10.4. The Morgan fingerprint density at radius 1 is 1.12 bits per heavy atom. The molecule has 1 atom stereocenters. The lowest BCUT2D eigenvalue weighted by Crippen LogP contribution is -2.02. The van der Waals surface area contributed by atoms with Gasteiger partial charge in [-0.2, -0.15) is 0 Å². The van der Waals surface area contributed by atoms with Crippen LogP contribution in [0.2, 0.25) is 5.02 Å². The summed E-state index contributed by atoms with van der Waals surface area (Å²) in [4.78, 5) is 2.38. The summed E-state index contributed by atoms with van der Waals surface area (Å²) in [7, 11) is 0. The van der Waals surface area contributed by atoms with E-state index in [4.69, 9.17) is 11.6 Å². The first-order chi connectivity index (χ1) is 7.99. The van der Waals surface area contributed by atoms with Crippen LogP contribution in [0.15, 0.2) is 24.3 Å². The molecule has 0 fully saturated rings. The maximum absolute atomic E-state index is 10.4. The molecule has 1 aromatic carbocycles. The van der Waals surface area contributed by atoms with Gasteiger partial charge in [-0.15, -0.1) is 11.3 Å². The van der Waals surface area contributed by atoms with Gasteiger partial charge in [0.15, 0.2) is 0 Å². The molecule has 0 amide bonds. The molecule has 1 heterocycles. The Morgan fingerprint density at radius 3 is 2.41 bits per heavy atom. The Labute approximate surface area is 111 Å². The molecule has 0 aliphatic heterocycles. The largest absolute Gasteiger partial charge is 0.384 e. The summed E-state index contributed by atoms with van der Waals surface area (Å²) in [6.45, 7) is 6.08. The number of aryl methyl sites for hydroxylation is 3. The molecule has 0 aliphatic carbocycles. The van der Waals surface area contributed by atoms with Crippen LogP contribution < -0.4 is 0 Å². The molecule has 1 N–H and O–H groups in total. The molecular weight excluding hydrogens is 252 g/mol. The Morgan fingerprint density at radius 2 is 1.82 bits per heavy atom. The van der Waals surface area contributed by atoms with E-state index in [1.165, 1.54) is 4.88 Å². The minimum atomic E-state index is -0.585. The van der Waals surface area contributed by atoms with Gasteiger partial charge >= 0.3 is 0 Å². The van der Waals surface area contributed by atoms with Crippen LogP contribution in [0.25, 0.3) is 0 Å². The van der Waals surface area contributed by atoms with Gasteiger partial charge in [0.2, 0.25) is 0 Å². The van der Waals surface area contributed by atoms with E-state index in [1.54, 1.807) is 11.3 Å². The van der Waals surface area contributed by atoms with Crippen molar-refractivity contribution in [2.24, 2.45) is 0 Å². The van der Waals surface area contributed by atoms with Crippen LogP contribution in [0.1, 0.15) is 32.5 Å². The number of halogens is 1. The van der Waals surface area contributed by atoms with E-state index in [0.717, 1.165) is 21.6 Å². The van der Waals surface area contributed by atoms with Crippen molar-refractivity contribution < 1.29 is 5.11 Å². The topological polar surface area (TPSA) is 20.2 Å². The molecule has 0 aliphatic rings. The van der Waals surface area contributed by atoms with E-state index in [-0.39, 0.29) is 0 Å². The summed E-state index contributed by atoms with van der Waals surface area (Å²) in [5, 5.41) is 11.1. The number of hydrogen-bond acceptors (Lipinski definition) is 2. The molecule has 2 rings (SSSR count). The van der Waals surface area contributed by atoms with Crippen LogP contribution >= 0.6 is 22.9 Å². The third-order valence-electron chi connectivity index (χ3n) is 2.91. The molecule has 17 heavy (non-hydrogen) atoms. The number of aliphatic hydroxyl groups is 1. The average molecular weight is 267 g/mol. The molecule has 1 nitrogen and oxygen atoms in total. The zero-order chi connectivity index (χ0) is 12.6. The highest BCUT2D eigenvalue weighted by molar-refractivity contribution is 7.12. The first-order valence-electron chi connectivity index (χ1n) is 5.50. The third-order valence-corrected chi connectivity index (χ3v) is 4.13. The molecular formula is C14H15ClOS. The van der Waals surface area contributed by atoms with Gasteiger partial charge in [-0.05, 0) is 55.7 Å². The van der Waals surface area contributed by atoms with Crippen molar-refractivity contribution >= 4 is 22.9 Å². The maximum Gasteiger partial charge on any atom is 0.105 e. The fourth-order valence-electron chi connectivity index (χ4n) is 2.00. The van der Waals surface area contributed by atoms with Gasteiger partial charge in [-0.1, -0.05) is 17.7 Å². The van der Waals surface area contributed by atoms with Gasteiger partial charge in [0.1, 0.15) is 6.10 Å². The quantitative estimate of drug-likeness (QED) is 0.854. The van der Waals surface area contributed by atoms with E-state index in [2.05, 4.69) is 6.92 Å². The van der Waals surface area contributed by atoms with Crippen molar-refractivity contribution in [1.82, 2.24) is 0 Å². The molecule has 90 valence electrons. The lowest BCUT2D eigenvalue weighted by Gasteiger charge is -2.14. The molecule has 0 bridgehead atoms. The van der Waals surface area contributed by atoms with Crippen LogP contribution in [0.3, 0.4) is 0 Å². The molecule has 3 heteroatoms. The van der Waals surface area contributed by atoms with Crippen molar-refractivity contribution in [1.29, 1.82) is 0 Å². The average Bonchev–Trinajstić information content (AvgIpc) is 2.60. The minimum Gasteiger partial charge on any atom is -0.384 e. The molecule has 0 radical (unpaired) electrons. The van der Waals surface area contributed by atoms with Gasteiger partial charge in [0.25, 0.3) is 0 Å². The number of rotatable bonds is 2. The van der Waals surface area contributed by atoms with Gasteiger partial charge in [-0.3, -0.25) is 0 Å². The summed E-state index contributed by atoms with van der Waals surface area (Å²) in [6.07, 6.45) is -0.585. The zero-order valence-electron chi connectivity index (χ0n) is 10.1. The number of aliphatic hydroxyl groups excluding tert-OH is 1. The van der Waals surface area contributed by atoms with Gasteiger partial charge in [-0.25, -0.2) is 0 Å². The second-order valence-corrected chi connectivity index (χ2v) is 6.17. The minimum absolute atomic E-state index is 0.585. The van der Waals surface area contributed by atoms with E-state index >= 15 is 0 Å². The molecule has 1 aromatic heterocycles. The van der Waals surface area contributed by atoms with Crippen molar-refractivity contribution in [2.45, 2.75) is 26.9 Å². The Hall–Kier alpha value is -0.830. The van der Waals surface area contributed by atoms with Crippen molar-refractivity contribution in [3.63, 3.8) is 0 Å². The SMILES string of the molecule is Cc1cc(C(O)c2cc(Cl)ccc2C)c(C)s1. The van der Waals surface area contributed by atoms with E-state index < -0.39 is 6.10 Å².